The van der Waals surface area contributed by atoms with Gasteiger partial charge >= 0.3 is 24.8 Å². The van der Waals surface area contributed by atoms with Gasteiger partial charge in [-0.2, -0.15) is 0 Å². The Balaban J connectivity index is 0. The average molecular weight is 293 g/mol. The molecule has 0 bridgehead atoms. The predicted octanol–water partition coefficient (Wildman–Crippen LogP) is -1.30. The van der Waals surface area contributed by atoms with E-state index in [1.54, 1.807) is 0 Å². The van der Waals surface area contributed by atoms with Gasteiger partial charge in [-0.05, 0) is 13.0 Å². The topological polar surface area (TPSA) is 89.5 Å². The predicted molar refractivity (Wildman–Crippen MR) is 76.3 cm³/mol. The molecular formula is C15H28LiNO4. The third-order valence-corrected chi connectivity index (χ3v) is 3.36. The van der Waals surface area contributed by atoms with Gasteiger partial charge < -0.3 is 15.0 Å². The molecular weight excluding hydrogens is 265 g/mol. The van der Waals surface area contributed by atoms with Crippen LogP contribution in [0, 0.1) is 0 Å². The van der Waals surface area contributed by atoms with Crippen LogP contribution in [0.4, 0.5) is 0 Å². The van der Waals surface area contributed by atoms with Gasteiger partial charge in [-0.3, -0.25) is 10.1 Å². The smallest absolute Gasteiger partial charge is 0.548 e. The molecule has 0 aromatic heterocycles. The van der Waals surface area contributed by atoms with Crippen molar-refractivity contribution in [1.82, 2.24) is 5.32 Å². The van der Waals surface area contributed by atoms with Crippen LogP contribution >= 0.6 is 0 Å². The maximum absolute atomic E-state index is 10.6. The Bertz CT molecular complexity index is 260. The summed E-state index contributed by atoms with van der Waals surface area (Å²) in [6, 6.07) is -1.59. The fourth-order valence-electron chi connectivity index (χ4n) is 2.13. The summed E-state index contributed by atoms with van der Waals surface area (Å²) in [5, 5.41) is 21.6. The Morgan fingerprint density at radius 2 is 1.38 bits per heavy atom. The standard InChI is InChI=1S/C15H29NO4.Li/c1-2-3-4-5-6-7-8-9-10-11-12-16-13(14(17)18)15(19)20;/h13,16H,2-12H2,1H3,(H,17,18)(H,19,20);/q;+1/p-1. The zero-order chi connectivity index (χ0) is 15.2. The number of aliphatic carboxylic acids is 2. The molecule has 5 nitrogen and oxygen atoms in total. The van der Waals surface area contributed by atoms with Gasteiger partial charge in [0.25, 0.3) is 0 Å². The molecule has 21 heavy (non-hydrogen) atoms. The van der Waals surface area contributed by atoms with Crippen LogP contribution in [0.5, 0.6) is 0 Å². The largest absolute Gasteiger partial charge is 1.00 e. The maximum Gasteiger partial charge on any atom is 1.00 e. The molecule has 2 N–H and O–H groups in total. The molecule has 0 saturated carbocycles. The Labute approximate surface area is 140 Å². The first-order valence-electron chi connectivity index (χ1n) is 7.76. The molecule has 0 fully saturated rings. The van der Waals surface area contributed by atoms with Crippen LogP contribution in [0.3, 0.4) is 0 Å². The van der Waals surface area contributed by atoms with E-state index in [9.17, 15) is 14.7 Å². The Morgan fingerprint density at radius 3 is 1.76 bits per heavy atom. The van der Waals surface area contributed by atoms with E-state index in [4.69, 9.17) is 5.11 Å². The number of carboxylic acids is 2. The molecule has 0 aromatic rings. The van der Waals surface area contributed by atoms with Gasteiger partial charge in [0.15, 0.2) is 0 Å². The number of nitrogens with one attached hydrogen (secondary N) is 1. The first-order valence-corrected chi connectivity index (χ1v) is 7.76. The van der Waals surface area contributed by atoms with Crippen LogP contribution in [0.15, 0.2) is 0 Å². The first-order chi connectivity index (χ1) is 9.59. The molecule has 0 aliphatic heterocycles. The van der Waals surface area contributed by atoms with Crippen molar-refractivity contribution in [3.8, 4) is 0 Å². The molecule has 0 heterocycles. The fraction of sp³-hybridized carbons (Fsp3) is 0.867. The maximum atomic E-state index is 10.6. The molecule has 0 amide bonds. The molecule has 0 rings (SSSR count). The van der Waals surface area contributed by atoms with E-state index >= 15 is 0 Å². The van der Waals surface area contributed by atoms with Crippen LogP contribution in [-0.2, 0) is 9.59 Å². The van der Waals surface area contributed by atoms with Crippen LogP contribution < -0.4 is 29.3 Å². The van der Waals surface area contributed by atoms with Gasteiger partial charge in [0.05, 0.1) is 5.97 Å². The number of carboxylic acid groups (broad SMARTS) is 2. The Kier molecular flexibility index (Phi) is 17.2. The number of carbonyl (C=O) groups is 2. The van der Waals surface area contributed by atoms with Crippen molar-refractivity contribution in [2.45, 2.75) is 77.2 Å². The van der Waals surface area contributed by atoms with E-state index in [2.05, 4.69) is 12.2 Å². The van der Waals surface area contributed by atoms with E-state index in [1.807, 2.05) is 0 Å². The zero-order valence-corrected chi connectivity index (χ0v) is 13.5. The molecule has 118 valence electrons. The summed E-state index contributed by atoms with van der Waals surface area (Å²) in [5.74, 6) is -2.97. The summed E-state index contributed by atoms with van der Waals surface area (Å²) in [6.45, 7) is 2.62. The molecule has 0 radical (unpaired) electrons. The second kappa shape index (κ2) is 15.9. The number of hydrogen-bond acceptors (Lipinski definition) is 4. The molecule has 1 unspecified atom stereocenters. The van der Waals surface area contributed by atoms with E-state index in [1.165, 1.54) is 44.9 Å². The normalized spacial score (nSPS) is 11.7. The average Bonchev–Trinajstić information content (AvgIpc) is 2.39. The number of carbonyl (C=O) groups excluding carboxylic acids is 1. The van der Waals surface area contributed by atoms with Crippen molar-refractivity contribution in [3.05, 3.63) is 0 Å². The van der Waals surface area contributed by atoms with Crippen molar-refractivity contribution in [3.63, 3.8) is 0 Å². The molecule has 0 saturated heterocycles. The van der Waals surface area contributed by atoms with Crippen LogP contribution in [0.2, 0.25) is 0 Å². The van der Waals surface area contributed by atoms with Crippen LogP contribution in [0.25, 0.3) is 0 Å². The number of rotatable bonds is 14. The van der Waals surface area contributed by atoms with Gasteiger partial charge in [-0.25, -0.2) is 0 Å². The Morgan fingerprint density at radius 1 is 0.952 bits per heavy atom. The fourth-order valence-corrected chi connectivity index (χ4v) is 2.13. The van der Waals surface area contributed by atoms with Crippen molar-refractivity contribution in [2.24, 2.45) is 0 Å². The van der Waals surface area contributed by atoms with Gasteiger partial charge in [-0.15, -0.1) is 0 Å². The molecule has 0 aliphatic rings. The summed E-state index contributed by atoms with van der Waals surface area (Å²) in [5.41, 5.74) is 0. The van der Waals surface area contributed by atoms with Crippen molar-refractivity contribution in [1.29, 1.82) is 0 Å². The van der Waals surface area contributed by atoms with E-state index in [0.29, 0.717) is 6.54 Å². The van der Waals surface area contributed by atoms with E-state index in [0.717, 1.165) is 19.3 Å². The van der Waals surface area contributed by atoms with Crippen molar-refractivity contribution < 1.29 is 38.7 Å². The summed E-state index contributed by atoms with van der Waals surface area (Å²) >= 11 is 0. The molecule has 0 aliphatic carbocycles. The van der Waals surface area contributed by atoms with Crippen LogP contribution in [0.1, 0.15) is 71.1 Å². The first kappa shape index (κ1) is 22.8. The number of unbranched alkanes of at least 4 members (excludes halogenated alkanes) is 9. The third-order valence-electron chi connectivity index (χ3n) is 3.36. The minimum atomic E-state index is -1.59. The third kappa shape index (κ3) is 14.2. The molecule has 1 atom stereocenters. The van der Waals surface area contributed by atoms with Crippen LogP contribution in [-0.4, -0.2) is 29.6 Å². The minimum Gasteiger partial charge on any atom is -0.548 e. The van der Waals surface area contributed by atoms with Gasteiger partial charge in [0.2, 0.25) is 0 Å². The van der Waals surface area contributed by atoms with Gasteiger partial charge in [-0.1, -0.05) is 64.7 Å². The SMILES string of the molecule is CCCCCCCCCCCCNC(C(=O)[O-])C(=O)O.[Li+]. The van der Waals surface area contributed by atoms with Crippen molar-refractivity contribution in [2.75, 3.05) is 6.54 Å². The monoisotopic (exact) mass is 293 g/mol. The summed E-state index contributed by atoms with van der Waals surface area (Å²) in [7, 11) is 0. The second-order valence-electron chi connectivity index (χ2n) is 5.23. The summed E-state index contributed by atoms with van der Waals surface area (Å²) in [4.78, 5) is 21.1. The molecule has 0 aromatic carbocycles. The molecule has 6 heteroatoms. The second-order valence-corrected chi connectivity index (χ2v) is 5.23. The van der Waals surface area contributed by atoms with Crippen molar-refractivity contribution >= 4 is 11.9 Å². The van der Waals surface area contributed by atoms with Gasteiger partial charge in [0, 0.05) is 0 Å². The van der Waals surface area contributed by atoms with E-state index < -0.39 is 18.0 Å². The van der Waals surface area contributed by atoms with Gasteiger partial charge in [0.1, 0.15) is 6.04 Å². The minimum absolute atomic E-state index is 0. The Hall–Kier alpha value is -0.503. The van der Waals surface area contributed by atoms with E-state index in [-0.39, 0.29) is 18.9 Å². The zero-order valence-electron chi connectivity index (χ0n) is 13.5. The molecule has 0 spiro atoms. The number of hydrogen-bond donors (Lipinski definition) is 2. The quantitative estimate of drug-likeness (QED) is 0.236. The summed E-state index contributed by atoms with van der Waals surface area (Å²) < 4.78 is 0. The summed E-state index contributed by atoms with van der Waals surface area (Å²) in [6.07, 6.45) is 11.9.